The number of benzene rings is 1. The normalized spacial score (nSPS) is 11.9. The lowest BCUT2D eigenvalue weighted by atomic mass is 10.1. The van der Waals surface area contributed by atoms with Crippen LogP contribution in [-0.4, -0.2) is 13.2 Å². The van der Waals surface area contributed by atoms with Gasteiger partial charge in [-0.05, 0) is 24.6 Å². The molecule has 0 bridgehead atoms. The van der Waals surface area contributed by atoms with Crippen LogP contribution in [0.3, 0.4) is 0 Å². The minimum Gasteiger partial charge on any atom is -0.496 e. The zero-order valence-electron chi connectivity index (χ0n) is 10.2. The van der Waals surface area contributed by atoms with E-state index >= 15 is 0 Å². The SMILES string of the molecule is CCC(CC#N)NCc1cc(Cl)ccc1OC. The Bertz CT molecular complexity index is 401. The maximum absolute atomic E-state index is 8.67. The molecule has 0 aliphatic rings. The fraction of sp³-hybridized carbons (Fsp3) is 0.462. The maximum atomic E-state index is 8.67. The first-order valence-corrected chi connectivity index (χ1v) is 6.01. The Morgan fingerprint density at radius 1 is 1.53 bits per heavy atom. The van der Waals surface area contributed by atoms with E-state index in [-0.39, 0.29) is 6.04 Å². The van der Waals surface area contributed by atoms with Crippen molar-refractivity contribution in [2.24, 2.45) is 0 Å². The zero-order valence-corrected chi connectivity index (χ0v) is 10.9. The molecule has 0 fully saturated rings. The van der Waals surface area contributed by atoms with Crippen LogP contribution in [0.5, 0.6) is 5.75 Å². The number of rotatable bonds is 6. The molecule has 1 rings (SSSR count). The van der Waals surface area contributed by atoms with E-state index < -0.39 is 0 Å². The van der Waals surface area contributed by atoms with E-state index in [1.165, 1.54) is 0 Å². The fourth-order valence-electron chi connectivity index (χ4n) is 1.61. The van der Waals surface area contributed by atoms with Crippen LogP contribution >= 0.6 is 11.6 Å². The molecular weight excluding hydrogens is 236 g/mol. The quantitative estimate of drug-likeness (QED) is 0.846. The van der Waals surface area contributed by atoms with Crippen LogP contribution in [0, 0.1) is 11.3 Å². The number of nitrogens with one attached hydrogen (secondary N) is 1. The van der Waals surface area contributed by atoms with Crippen molar-refractivity contribution in [3.8, 4) is 11.8 Å². The summed E-state index contributed by atoms with van der Waals surface area (Å²) in [4.78, 5) is 0. The van der Waals surface area contributed by atoms with E-state index in [1.807, 2.05) is 12.1 Å². The molecule has 0 saturated heterocycles. The minimum absolute atomic E-state index is 0.212. The predicted molar refractivity (Wildman–Crippen MR) is 69.2 cm³/mol. The van der Waals surface area contributed by atoms with Crippen molar-refractivity contribution in [1.82, 2.24) is 5.32 Å². The Hall–Kier alpha value is -1.24. The van der Waals surface area contributed by atoms with Gasteiger partial charge in [-0.15, -0.1) is 0 Å². The highest BCUT2D eigenvalue weighted by atomic mass is 35.5. The Kier molecular flexibility index (Phi) is 5.82. The molecule has 0 radical (unpaired) electrons. The van der Waals surface area contributed by atoms with Gasteiger partial charge in [-0.1, -0.05) is 18.5 Å². The standard InChI is InChI=1S/C13H17ClN2O/c1-3-12(6-7-15)16-9-10-8-11(14)4-5-13(10)17-2/h4-5,8,12,16H,3,6,9H2,1-2H3. The van der Waals surface area contributed by atoms with E-state index in [0.29, 0.717) is 18.0 Å². The first kappa shape index (κ1) is 13.8. The largest absolute Gasteiger partial charge is 0.496 e. The van der Waals surface area contributed by atoms with E-state index in [4.69, 9.17) is 21.6 Å². The molecule has 0 amide bonds. The molecule has 4 heteroatoms. The van der Waals surface area contributed by atoms with Crippen LogP contribution in [0.15, 0.2) is 18.2 Å². The van der Waals surface area contributed by atoms with Crippen molar-refractivity contribution in [2.45, 2.75) is 32.4 Å². The number of ether oxygens (including phenoxy) is 1. The van der Waals surface area contributed by atoms with Crippen LogP contribution in [0.1, 0.15) is 25.3 Å². The maximum Gasteiger partial charge on any atom is 0.123 e. The molecule has 0 saturated carbocycles. The van der Waals surface area contributed by atoms with Crippen molar-refractivity contribution in [3.05, 3.63) is 28.8 Å². The first-order chi connectivity index (χ1) is 8.21. The van der Waals surface area contributed by atoms with Crippen molar-refractivity contribution in [1.29, 1.82) is 5.26 Å². The summed E-state index contributed by atoms with van der Waals surface area (Å²) in [5.41, 5.74) is 1.01. The highest BCUT2D eigenvalue weighted by Gasteiger charge is 2.08. The highest BCUT2D eigenvalue weighted by molar-refractivity contribution is 6.30. The lowest BCUT2D eigenvalue weighted by Gasteiger charge is -2.15. The molecule has 92 valence electrons. The Labute approximate surface area is 107 Å². The minimum atomic E-state index is 0.212. The third kappa shape index (κ3) is 4.26. The van der Waals surface area contributed by atoms with Gasteiger partial charge in [0.25, 0.3) is 0 Å². The van der Waals surface area contributed by atoms with Crippen molar-refractivity contribution < 1.29 is 4.74 Å². The van der Waals surface area contributed by atoms with Crippen LogP contribution in [0.2, 0.25) is 5.02 Å². The molecule has 0 aromatic heterocycles. The molecule has 1 unspecified atom stereocenters. The Morgan fingerprint density at radius 3 is 2.88 bits per heavy atom. The van der Waals surface area contributed by atoms with Crippen molar-refractivity contribution in [3.63, 3.8) is 0 Å². The summed E-state index contributed by atoms with van der Waals surface area (Å²) in [6.07, 6.45) is 1.44. The van der Waals surface area contributed by atoms with Gasteiger partial charge in [0.1, 0.15) is 5.75 Å². The van der Waals surface area contributed by atoms with Gasteiger partial charge in [-0.3, -0.25) is 0 Å². The molecule has 1 N–H and O–H groups in total. The molecule has 0 heterocycles. The lowest BCUT2D eigenvalue weighted by Crippen LogP contribution is -2.27. The number of methoxy groups -OCH3 is 1. The number of hydrogen-bond donors (Lipinski definition) is 1. The number of halogens is 1. The second kappa shape index (κ2) is 7.16. The van der Waals surface area contributed by atoms with E-state index in [1.54, 1.807) is 13.2 Å². The molecule has 1 atom stereocenters. The fourth-order valence-corrected chi connectivity index (χ4v) is 1.81. The molecule has 3 nitrogen and oxygen atoms in total. The Morgan fingerprint density at radius 2 is 2.29 bits per heavy atom. The summed E-state index contributed by atoms with van der Waals surface area (Å²) in [6, 6.07) is 7.92. The van der Waals surface area contributed by atoms with E-state index in [2.05, 4.69) is 18.3 Å². The Balaban J connectivity index is 2.67. The second-order valence-electron chi connectivity index (χ2n) is 3.80. The van der Waals surface area contributed by atoms with Crippen molar-refractivity contribution in [2.75, 3.05) is 7.11 Å². The smallest absolute Gasteiger partial charge is 0.123 e. The summed E-state index contributed by atoms with van der Waals surface area (Å²) in [5, 5.41) is 12.7. The first-order valence-electron chi connectivity index (χ1n) is 5.64. The van der Waals surface area contributed by atoms with Gasteiger partial charge in [-0.2, -0.15) is 5.26 Å². The topological polar surface area (TPSA) is 45.0 Å². The zero-order chi connectivity index (χ0) is 12.7. The highest BCUT2D eigenvalue weighted by Crippen LogP contribution is 2.22. The van der Waals surface area contributed by atoms with Gasteiger partial charge in [0.05, 0.1) is 19.6 Å². The molecule has 17 heavy (non-hydrogen) atoms. The van der Waals surface area contributed by atoms with Crippen LogP contribution < -0.4 is 10.1 Å². The predicted octanol–water partition coefficient (Wildman–Crippen LogP) is 3.13. The number of hydrogen-bond acceptors (Lipinski definition) is 3. The third-order valence-electron chi connectivity index (χ3n) is 2.65. The summed E-state index contributed by atoms with van der Waals surface area (Å²) < 4.78 is 5.26. The second-order valence-corrected chi connectivity index (χ2v) is 4.24. The molecule has 0 aliphatic carbocycles. The van der Waals surface area contributed by atoms with Gasteiger partial charge in [0.15, 0.2) is 0 Å². The van der Waals surface area contributed by atoms with Gasteiger partial charge >= 0.3 is 0 Å². The van der Waals surface area contributed by atoms with Crippen LogP contribution in [0.4, 0.5) is 0 Å². The molecule has 0 spiro atoms. The van der Waals surface area contributed by atoms with Crippen LogP contribution in [-0.2, 0) is 6.54 Å². The molecule has 1 aromatic carbocycles. The average molecular weight is 253 g/mol. The lowest BCUT2D eigenvalue weighted by molar-refractivity contribution is 0.404. The van der Waals surface area contributed by atoms with Gasteiger partial charge in [0, 0.05) is 23.2 Å². The monoisotopic (exact) mass is 252 g/mol. The molecule has 1 aromatic rings. The number of nitriles is 1. The van der Waals surface area contributed by atoms with Crippen LogP contribution in [0.25, 0.3) is 0 Å². The average Bonchev–Trinajstić information content (AvgIpc) is 2.34. The third-order valence-corrected chi connectivity index (χ3v) is 2.89. The van der Waals surface area contributed by atoms with Crippen molar-refractivity contribution >= 4 is 11.6 Å². The van der Waals surface area contributed by atoms with Gasteiger partial charge in [-0.25, -0.2) is 0 Å². The molecular formula is C13H17ClN2O. The summed E-state index contributed by atoms with van der Waals surface area (Å²) in [7, 11) is 1.64. The summed E-state index contributed by atoms with van der Waals surface area (Å²) in [6.45, 7) is 2.72. The van der Waals surface area contributed by atoms with Gasteiger partial charge in [0.2, 0.25) is 0 Å². The number of nitrogens with zero attached hydrogens (tertiary/aromatic N) is 1. The van der Waals surface area contributed by atoms with E-state index in [0.717, 1.165) is 17.7 Å². The summed E-state index contributed by atoms with van der Waals surface area (Å²) in [5.74, 6) is 0.814. The van der Waals surface area contributed by atoms with Gasteiger partial charge < -0.3 is 10.1 Å². The summed E-state index contributed by atoms with van der Waals surface area (Å²) >= 11 is 5.95. The van der Waals surface area contributed by atoms with E-state index in [9.17, 15) is 0 Å². The molecule has 0 aliphatic heterocycles.